The number of hydrogen-bond donors (Lipinski definition) is 2. The monoisotopic (exact) mass is 233 g/mol. The molecule has 0 fully saturated rings. The molecule has 0 aliphatic carbocycles. The maximum Gasteiger partial charge on any atom is 0.339 e. The zero-order chi connectivity index (χ0) is 12.4. The lowest BCUT2D eigenvalue weighted by atomic mass is 10.1. The van der Waals surface area contributed by atoms with E-state index in [9.17, 15) is 14.3 Å². The van der Waals surface area contributed by atoms with Gasteiger partial charge in [0.15, 0.2) is 0 Å². The van der Waals surface area contributed by atoms with Crippen molar-refractivity contribution in [1.29, 1.82) is 0 Å². The molecule has 0 atom stereocenters. The standard InChI is InChI=1S/C12H8FNO3/c13-9-4-2-1-3-7(9)10-5-8(12(16)17)11(15)6-14-10/h1-6,15H,(H,16,17). The molecule has 0 amide bonds. The largest absolute Gasteiger partial charge is 0.505 e. The summed E-state index contributed by atoms with van der Waals surface area (Å²) in [5, 5.41) is 18.1. The summed E-state index contributed by atoms with van der Waals surface area (Å²) in [4.78, 5) is 14.6. The van der Waals surface area contributed by atoms with Crippen molar-refractivity contribution in [3.8, 4) is 17.0 Å². The van der Waals surface area contributed by atoms with Crippen LogP contribution in [0.5, 0.6) is 5.75 Å². The van der Waals surface area contributed by atoms with Gasteiger partial charge in [0.25, 0.3) is 0 Å². The number of aromatic carboxylic acids is 1. The lowest BCUT2D eigenvalue weighted by Crippen LogP contribution is -1.99. The maximum absolute atomic E-state index is 13.5. The number of hydrogen-bond acceptors (Lipinski definition) is 3. The lowest BCUT2D eigenvalue weighted by Gasteiger charge is -2.04. The van der Waals surface area contributed by atoms with Gasteiger partial charge in [-0.25, -0.2) is 9.18 Å². The van der Waals surface area contributed by atoms with Crippen molar-refractivity contribution in [2.24, 2.45) is 0 Å². The van der Waals surface area contributed by atoms with Gasteiger partial charge in [-0.05, 0) is 18.2 Å². The van der Waals surface area contributed by atoms with E-state index < -0.39 is 17.5 Å². The number of rotatable bonds is 2. The molecule has 0 saturated carbocycles. The minimum absolute atomic E-state index is 0.165. The van der Waals surface area contributed by atoms with Crippen molar-refractivity contribution in [3.05, 3.63) is 47.9 Å². The van der Waals surface area contributed by atoms with E-state index in [-0.39, 0.29) is 16.8 Å². The first-order valence-corrected chi connectivity index (χ1v) is 4.77. The molecule has 0 aliphatic heterocycles. The average molecular weight is 233 g/mol. The van der Waals surface area contributed by atoms with Gasteiger partial charge in [-0.2, -0.15) is 0 Å². The number of carbonyl (C=O) groups is 1. The van der Waals surface area contributed by atoms with Crippen molar-refractivity contribution >= 4 is 5.97 Å². The van der Waals surface area contributed by atoms with Gasteiger partial charge < -0.3 is 10.2 Å². The molecule has 0 radical (unpaired) electrons. The number of aromatic nitrogens is 1. The Hall–Kier alpha value is -2.43. The molecular weight excluding hydrogens is 225 g/mol. The van der Waals surface area contributed by atoms with Crippen LogP contribution in [0, 0.1) is 5.82 Å². The van der Waals surface area contributed by atoms with Gasteiger partial charge in [-0.1, -0.05) is 12.1 Å². The summed E-state index contributed by atoms with van der Waals surface area (Å²) in [5.41, 5.74) is 0.0477. The molecule has 0 aliphatic rings. The summed E-state index contributed by atoms with van der Waals surface area (Å²) in [6, 6.07) is 7.02. The van der Waals surface area contributed by atoms with Gasteiger partial charge in [0.2, 0.25) is 0 Å². The smallest absolute Gasteiger partial charge is 0.339 e. The van der Waals surface area contributed by atoms with Crippen LogP contribution in [-0.4, -0.2) is 21.2 Å². The van der Waals surface area contributed by atoms with Crippen molar-refractivity contribution in [3.63, 3.8) is 0 Å². The Morgan fingerprint density at radius 1 is 1.29 bits per heavy atom. The number of carboxylic acid groups (broad SMARTS) is 1. The number of pyridine rings is 1. The molecule has 4 nitrogen and oxygen atoms in total. The molecule has 1 aromatic carbocycles. The summed E-state index contributed by atoms with van der Waals surface area (Å²) >= 11 is 0. The van der Waals surface area contributed by atoms with Crippen LogP contribution in [0.25, 0.3) is 11.3 Å². The van der Waals surface area contributed by atoms with E-state index in [0.717, 1.165) is 12.3 Å². The second-order valence-electron chi connectivity index (χ2n) is 3.37. The average Bonchev–Trinajstić information content (AvgIpc) is 2.30. The van der Waals surface area contributed by atoms with Gasteiger partial charge in [-0.15, -0.1) is 0 Å². The molecular formula is C12H8FNO3. The minimum atomic E-state index is -1.29. The number of nitrogens with zero attached hydrogens (tertiary/aromatic N) is 1. The van der Waals surface area contributed by atoms with E-state index in [4.69, 9.17) is 5.11 Å². The van der Waals surface area contributed by atoms with Gasteiger partial charge in [0, 0.05) is 5.56 Å². The van der Waals surface area contributed by atoms with Crippen molar-refractivity contribution in [2.45, 2.75) is 0 Å². The molecule has 17 heavy (non-hydrogen) atoms. The number of carboxylic acids is 1. The van der Waals surface area contributed by atoms with Crippen molar-refractivity contribution < 1.29 is 19.4 Å². The highest BCUT2D eigenvalue weighted by Gasteiger charge is 2.13. The summed E-state index contributed by atoms with van der Waals surface area (Å²) in [6.07, 6.45) is 0.991. The second kappa shape index (κ2) is 4.21. The Morgan fingerprint density at radius 2 is 2.00 bits per heavy atom. The molecule has 2 N–H and O–H groups in total. The fourth-order valence-corrected chi connectivity index (χ4v) is 1.44. The highest BCUT2D eigenvalue weighted by atomic mass is 19.1. The van der Waals surface area contributed by atoms with Crippen molar-refractivity contribution in [1.82, 2.24) is 4.98 Å². The predicted octanol–water partition coefficient (Wildman–Crippen LogP) is 2.29. The molecule has 86 valence electrons. The van der Waals surface area contributed by atoms with Crippen molar-refractivity contribution in [2.75, 3.05) is 0 Å². The Morgan fingerprint density at radius 3 is 2.65 bits per heavy atom. The molecule has 0 spiro atoms. The van der Waals surface area contributed by atoms with Crippen LogP contribution in [0.1, 0.15) is 10.4 Å². The first-order chi connectivity index (χ1) is 8.09. The highest BCUT2D eigenvalue weighted by molar-refractivity contribution is 5.91. The van der Waals surface area contributed by atoms with Crippen LogP contribution in [0.3, 0.4) is 0 Å². The van der Waals surface area contributed by atoms with E-state index in [1.54, 1.807) is 6.07 Å². The topological polar surface area (TPSA) is 70.4 Å². The molecule has 0 unspecified atom stereocenters. The van der Waals surface area contributed by atoms with Crippen LogP contribution in [-0.2, 0) is 0 Å². The van der Waals surface area contributed by atoms with E-state index in [1.807, 2.05) is 0 Å². The van der Waals surface area contributed by atoms with E-state index in [0.29, 0.717) is 0 Å². The predicted molar refractivity (Wildman–Crippen MR) is 58.3 cm³/mol. The maximum atomic E-state index is 13.5. The third-order valence-corrected chi connectivity index (χ3v) is 2.26. The molecule has 0 saturated heterocycles. The van der Waals surface area contributed by atoms with Gasteiger partial charge >= 0.3 is 5.97 Å². The normalized spacial score (nSPS) is 10.2. The van der Waals surface area contributed by atoms with E-state index in [1.165, 1.54) is 18.2 Å². The Labute approximate surface area is 96.0 Å². The quantitative estimate of drug-likeness (QED) is 0.834. The van der Waals surface area contributed by atoms with Crippen LogP contribution >= 0.6 is 0 Å². The fourth-order valence-electron chi connectivity index (χ4n) is 1.44. The van der Waals surface area contributed by atoms with Gasteiger partial charge in [0.05, 0.1) is 11.9 Å². The fraction of sp³-hybridized carbons (Fsp3) is 0. The SMILES string of the molecule is O=C(O)c1cc(-c2ccccc2F)ncc1O. The van der Waals surface area contributed by atoms with Crippen LogP contribution < -0.4 is 0 Å². The van der Waals surface area contributed by atoms with Gasteiger partial charge in [-0.3, -0.25) is 4.98 Å². The zero-order valence-corrected chi connectivity index (χ0v) is 8.59. The molecule has 0 bridgehead atoms. The van der Waals surface area contributed by atoms with Crippen LogP contribution in [0.4, 0.5) is 4.39 Å². The zero-order valence-electron chi connectivity index (χ0n) is 8.59. The minimum Gasteiger partial charge on any atom is -0.505 e. The number of aromatic hydroxyl groups is 1. The first kappa shape index (κ1) is 11.1. The summed E-state index contributed by atoms with van der Waals surface area (Å²) in [6.45, 7) is 0. The van der Waals surface area contributed by atoms with Crippen LogP contribution in [0.15, 0.2) is 36.5 Å². The number of halogens is 1. The Balaban J connectivity index is 2.58. The highest BCUT2D eigenvalue weighted by Crippen LogP contribution is 2.25. The van der Waals surface area contributed by atoms with E-state index >= 15 is 0 Å². The molecule has 1 aromatic heterocycles. The summed E-state index contributed by atoms with van der Waals surface area (Å²) in [5.74, 6) is -2.23. The third-order valence-electron chi connectivity index (χ3n) is 2.26. The van der Waals surface area contributed by atoms with E-state index in [2.05, 4.69) is 4.98 Å². The molecule has 5 heteroatoms. The third kappa shape index (κ3) is 2.08. The Bertz CT molecular complexity index is 584. The molecule has 1 heterocycles. The molecule has 2 aromatic rings. The molecule has 2 rings (SSSR count). The summed E-state index contributed by atoms with van der Waals surface area (Å²) in [7, 11) is 0. The Kier molecular flexibility index (Phi) is 2.74. The summed E-state index contributed by atoms with van der Waals surface area (Å²) < 4.78 is 13.5. The van der Waals surface area contributed by atoms with Crippen LogP contribution in [0.2, 0.25) is 0 Å². The first-order valence-electron chi connectivity index (χ1n) is 4.77. The second-order valence-corrected chi connectivity index (χ2v) is 3.37. The van der Waals surface area contributed by atoms with Gasteiger partial charge in [0.1, 0.15) is 17.1 Å². The lowest BCUT2D eigenvalue weighted by molar-refractivity contribution is 0.0693. The number of benzene rings is 1.